The van der Waals surface area contributed by atoms with Crippen LogP contribution in [0.3, 0.4) is 0 Å². The van der Waals surface area contributed by atoms with E-state index in [0.29, 0.717) is 13.1 Å². The van der Waals surface area contributed by atoms with Crippen LogP contribution in [-0.2, 0) is 10.0 Å². The fraction of sp³-hybridized carbons (Fsp3) is 1.00. The minimum Gasteiger partial charge on any atom is -0.314 e. The predicted molar refractivity (Wildman–Crippen MR) is 73.1 cm³/mol. The quantitative estimate of drug-likeness (QED) is 0.687. The maximum absolute atomic E-state index is 11.9. The Kier molecular flexibility index (Phi) is 4.64. The minimum atomic E-state index is -3.10. The zero-order valence-corrected chi connectivity index (χ0v) is 12.1. The molecule has 2 rings (SSSR count). The third-order valence-electron chi connectivity index (χ3n) is 4.26. The Bertz CT molecular complexity index is 360. The molecular weight excluding hydrogens is 250 g/mol. The van der Waals surface area contributed by atoms with Gasteiger partial charge in [-0.05, 0) is 24.7 Å². The number of piperazine rings is 1. The molecule has 1 saturated carbocycles. The van der Waals surface area contributed by atoms with Crippen molar-refractivity contribution in [2.24, 2.45) is 5.41 Å². The average molecular weight is 275 g/mol. The van der Waals surface area contributed by atoms with E-state index in [-0.39, 0.29) is 11.2 Å². The smallest absolute Gasteiger partial charge is 0.212 e. The third-order valence-corrected chi connectivity index (χ3v) is 5.56. The Balaban J connectivity index is 1.70. The van der Waals surface area contributed by atoms with Crippen LogP contribution < -0.4 is 10.0 Å². The second kappa shape index (κ2) is 5.86. The molecule has 1 aliphatic carbocycles. The van der Waals surface area contributed by atoms with Gasteiger partial charge in [-0.1, -0.05) is 6.92 Å². The summed E-state index contributed by atoms with van der Waals surface area (Å²) in [4.78, 5) is 2.21. The van der Waals surface area contributed by atoms with Crippen molar-refractivity contribution < 1.29 is 8.42 Å². The number of hydrogen-bond acceptors (Lipinski definition) is 4. The molecule has 0 aromatic rings. The summed E-state index contributed by atoms with van der Waals surface area (Å²) in [6.07, 6.45) is 3.42. The highest BCUT2D eigenvalue weighted by Crippen LogP contribution is 2.47. The van der Waals surface area contributed by atoms with Gasteiger partial charge in [0.15, 0.2) is 0 Å². The second-order valence-electron chi connectivity index (χ2n) is 5.59. The van der Waals surface area contributed by atoms with E-state index in [1.807, 2.05) is 0 Å². The Morgan fingerprint density at radius 1 is 1.28 bits per heavy atom. The van der Waals surface area contributed by atoms with Crippen molar-refractivity contribution in [3.63, 3.8) is 0 Å². The predicted octanol–water partition coefficient (Wildman–Crippen LogP) is 0.00120. The summed E-state index contributed by atoms with van der Waals surface area (Å²) in [5.41, 5.74) is 0.280. The highest BCUT2D eigenvalue weighted by molar-refractivity contribution is 7.89. The summed E-state index contributed by atoms with van der Waals surface area (Å²) in [7, 11) is -3.10. The molecule has 0 radical (unpaired) electrons. The molecule has 0 aromatic carbocycles. The van der Waals surface area contributed by atoms with Crippen LogP contribution in [0.4, 0.5) is 0 Å². The maximum atomic E-state index is 11.9. The van der Waals surface area contributed by atoms with Crippen LogP contribution in [0.5, 0.6) is 0 Å². The SMILES string of the molecule is CCC1(CNS(=O)(=O)CCN2CCNCC2)CC1. The standard InChI is InChI=1S/C12H25N3O2S/c1-2-12(3-4-12)11-14-18(16,17)10-9-15-7-5-13-6-8-15/h13-14H,2-11H2,1H3. The van der Waals surface area contributed by atoms with Gasteiger partial charge in [0.2, 0.25) is 10.0 Å². The molecule has 0 bridgehead atoms. The van der Waals surface area contributed by atoms with Gasteiger partial charge in [-0.2, -0.15) is 0 Å². The molecule has 1 aliphatic heterocycles. The molecule has 18 heavy (non-hydrogen) atoms. The van der Waals surface area contributed by atoms with Crippen molar-refractivity contribution in [1.82, 2.24) is 14.9 Å². The summed E-state index contributed by atoms with van der Waals surface area (Å²) in [6.45, 7) is 7.26. The van der Waals surface area contributed by atoms with Crippen LogP contribution in [0.1, 0.15) is 26.2 Å². The van der Waals surface area contributed by atoms with Gasteiger partial charge in [0.1, 0.15) is 0 Å². The fourth-order valence-electron chi connectivity index (χ4n) is 2.35. The number of rotatable bonds is 7. The largest absolute Gasteiger partial charge is 0.314 e. The van der Waals surface area contributed by atoms with Gasteiger partial charge in [-0.25, -0.2) is 13.1 Å². The molecule has 0 atom stereocenters. The molecule has 0 spiro atoms. The molecule has 1 saturated heterocycles. The lowest BCUT2D eigenvalue weighted by Gasteiger charge is -2.27. The minimum absolute atomic E-state index is 0.229. The van der Waals surface area contributed by atoms with Gasteiger partial charge < -0.3 is 5.32 Å². The van der Waals surface area contributed by atoms with Crippen LogP contribution in [0.2, 0.25) is 0 Å². The van der Waals surface area contributed by atoms with E-state index < -0.39 is 10.0 Å². The number of sulfonamides is 1. The topological polar surface area (TPSA) is 61.4 Å². The molecule has 6 heteroatoms. The Morgan fingerprint density at radius 3 is 2.50 bits per heavy atom. The second-order valence-corrected chi connectivity index (χ2v) is 7.51. The first kappa shape index (κ1) is 14.2. The molecule has 0 aromatic heterocycles. The normalized spacial score (nSPS) is 24.1. The lowest BCUT2D eigenvalue weighted by molar-refractivity contribution is 0.253. The third kappa shape index (κ3) is 4.19. The lowest BCUT2D eigenvalue weighted by atomic mass is 10.1. The highest BCUT2D eigenvalue weighted by Gasteiger charge is 2.41. The van der Waals surface area contributed by atoms with Crippen molar-refractivity contribution in [1.29, 1.82) is 0 Å². The van der Waals surface area contributed by atoms with Crippen molar-refractivity contribution in [2.75, 3.05) is 45.0 Å². The Hall–Kier alpha value is -0.170. The first-order valence-electron chi connectivity index (χ1n) is 6.96. The summed E-state index contributed by atoms with van der Waals surface area (Å²) in [5.74, 6) is 0.229. The van der Waals surface area contributed by atoms with Gasteiger partial charge in [-0.3, -0.25) is 4.90 Å². The number of nitrogens with zero attached hydrogens (tertiary/aromatic N) is 1. The van der Waals surface area contributed by atoms with Gasteiger partial charge in [0, 0.05) is 39.3 Å². The van der Waals surface area contributed by atoms with E-state index >= 15 is 0 Å². The summed E-state index contributed by atoms with van der Waals surface area (Å²) in [5, 5.41) is 3.27. The molecule has 0 unspecified atom stereocenters. The Labute approximate surface area is 110 Å². The number of hydrogen-bond donors (Lipinski definition) is 2. The summed E-state index contributed by atoms with van der Waals surface area (Å²) < 4.78 is 26.6. The Morgan fingerprint density at radius 2 is 1.94 bits per heavy atom. The molecule has 2 N–H and O–H groups in total. The first-order valence-corrected chi connectivity index (χ1v) is 8.61. The van der Waals surface area contributed by atoms with Crippen LogP contribution in [0, 0.1) is 5.41 Å². The zero-order valence-electron chi connectivity index (χ0n) is 11.2. The van der Waals surface area contributed by atoms with Crippen molar-refractivity contribution in [3.8, 4) is 0 Å². The van der Waals surface area contributed by atoms with Crippen LogP contribution in [-0.4, -0.2) is 58.3 Å². The average Bonchev–Trinajstić information content (AvgIpc) is 3.17. The lowest BCUT2D eigenvalue weighted by Crippen LogP contribution is -2.46. The van der Waals surface area contributed by atoms with E-state index in [4.69, 9.17) is 0 Å². The van der Waals surface area contributed by atoms with Crippen LogP contribution in [0.15, 0.2) is 0 Å². The molecular formula is C12H25N3O2S. The molecule has 2 aliphatic rings. The van der Waals surface area contributed by atoms with Gasteiger partial charge >= 0.3 is 0 Å². The molecule has 1 heterocycles. The zero-order chi connectivity index (χ0) is 13.1. The molecule has 0 amide bonds. The van der Waals surface area contributed by atoms with Crippen molar-refractivity contribution >= 4 is 10.0 Å². The van der Waals surface area contributed by atoms with Crippen LogP contribution >= 0.6 is 0 Å². The van der Waals surface area contributed by atoms with Crippen LogP contribution in [0.25, 0.3) is 0 Å². The first-order chi connectivity index (χ1) is 8.55. The van der Waals surface area contributed by atoms with Crippen molar-refractivity contribution in [3.05, 3.63) is 0 Å². The van der Waals surface area contributed by atoms with E-state index in [2.05, 4.69) is 21.9 Å². The molecule has 2 fully saturated rings. The van der Waals surface area contributed by atoms with E-state index in [1.54, 1.807) is 0 Å². The highest BCUT2D eigenvalue weighted by atomic mass is 32.2. The van der Waals surface area contributed by atoms with E-state index in [0.717, 1.165) is 32.6 Å². The van der Waals surface area contributed by atoms with E-state index in [1.165, 1.54) is 12.8 Å². The monoisotopic (exact) mass is 275 g/mol. The fourth-order valence-corrected chi connectivity index (χ4v) is 3.52. The summed E-state index contributed by atoms with van der Waals surface area (Å²) in [6, 6.07) is 0. The van der Waals surface area contributed by atoms with Crippen molar-refractivity contribution in [2.45, 2.75) is 26.2 Å². The van der Waals surface area contributed by atoms with Gasteiger partial charge in [0.05, 0.1) is 5.75 Å². The number of nitrogens with one attached hydrogen (secondary N) is 2. The van der Waals surface area contributed by atoms with Gasteiger partial charge in [-0.15, -0.1) is 0 Å². The molecule has 5 nitrogen and oxygen atoms in total. The summed E-state index contributed by atoms with van der Waals surface area (Å²) >= 11 is 0. The van der Waals surface area contributed by atoms with E-state index in [9.17, 15) is 8.42 Å². The maximum Gasteiger partial charge on any atom is 0.212 e. The molecule has 106 valence electrons. The van der Waals surface area contributed by atoms with Gasteiger partial charge in [0.25, 0.3) is 0 Å².